The zero-order valence-corrected chi connectivity index (χ0v) is 9.28. The molecule has 0 amide bonds. The number of nitrogen functional groups attached to an aromatic ring is 1. The van der Waals surface area contributed by atoms with Gasteiger partial charge in [-0.15, -0.1) is 0 Å². The Kier molecular flexibility index (Phi) is 4.13. The second kappa shape index (κ2) is 5.37. The zero-order chi connectivity index (χ0) is 12.1. The second-order valence-electron chi connectivity index (χ2n) is 2.88. The fraction of sp³-hybridized carbons (Fsp3) is 0.200. The minimum absolute atomic E-state index is 0.122. The Morgan fingerprint density at radius 2 is 2.12 bits per heavy atom. The van der Waals surface area contributed by atoms with Gasteiger partial charge in [0.1, 0.15) is 0 Å². The zero-order valence-electron chi connectivity index (χ0n) is 8.53. The van der Waals surface area contributed by atoms with Gasteiger partial charge in [-0.05, 0) is 18.2 Å². The lowest BCUT2D eigenvalue weighted by atomic mass is 10.2. The maximum absolute atomic E-state index is 11.5. The number of ether oxygens (including phenoxy) is 2. The molecule has 0 aromatic heterocycles. The van der Waals surface area contributed by atoms with Crippen LogP contribution in [0.25, 0.3) is 0 Å². The molecule has 1 rings (SSSR count). The highest BCUT2D eigenvalue weighted by Gasteiger charge is 2.13. The van der Waals surface area contributed by atoms with Gasteiger partial charge < -0.3 is 15.2 Å². The lowest BCUT2D eigenvalue weighted by Crippen LogP contribution is -2.16. The van der Waals surface area contributed by atoms with Crippen LogP contribution in [0.4, 0.5) is 5.69 Å². The highest BCUT2D eigenvalue weighted by Crippen LogP contribution is 2.18. The van der Waals surface area contributed by atoms with Crippen molar-refractivity contribution in [3.8, 4) is 0 Å². The molecule has 0 aliphatic rings. The molecule has 86 valence electrons. The Morgan fingerprint density at radius 1 is 1.44 bits per heavy atom. The van der Waals surface area contributed by atoms with Crippen molar-refractivity contribution in [1.82, 2.24) is 0 Å². The average Bonchev–Trinajstić information content (AvgIpc) is 2.28. The molecular formula is C10H10ClNO4. The van der Waals surface area contributed by atoms with Gasteiger partial charge in [0.2, 0.25) is 0 Å². The van der Waals surface area contributed by atoms with Crippen molar-refractivity contribution >= 4 is 29.2 Å². The number of benzene rings is 1. The van der Waals surface area contributed by atoms with Crippen molar-refractivity contribution in [1.29, 1.82) is 0 Å². The number of carbonyl (C=O) groups is 2. The molecule has 1 aromatic rings. The third-order valence-corrected chi connectivity index (χ3v) is 2.02. The van der Waals surface area contributed by atoms with Crippen molar-refractivity contribution in [3.63, 3.8) is 0 Å². The molecule has 5 nitrogen and oxygen atoms in total. The molecule has 0 saturated carbocycles. The summed E-state index contributed by atoms with van der Waals surface area (Å²) in [6.07, 6.45) is 0. The van der Waals surface area contributed by atoms with Gasteiger partial charge in [-0.3, -0.25) is 0 Å². The molecule has 0 bridgehead atoms. The number of esters is 2. The van der Waals surface area contributed by atoms with Gasteiger partial charge in [0.05, 0.1) is 12.7 Å². The molecule has 0 radical (unpaired) electrons. The summed E-state index contributed by atoms with van der Waals surface area (Å²) < 4.78 is 8.98. The SMILES string of the molecule is COC(=O)COC(=O)c1cc(Cl)ccc1N. The van der Waals surface area contributed by atoms with Crippen LogP contribution in [0.15, 0.2) is 18.2 Å². The third kappa shape index (κ3) is 3.13. The molecule has 0 atom stereocenters. The fourth-order valence-electron chi connectivity index (χ4n) is 0.966. The van der Waals surface area contributed by atoms with Crippen LogP contribution in [0.1, 0.15) is 10.4 Å². The normalized spacial score (nSPS) is 9.62. The number of halogens is 1. The minimum Gasteiger partial charge on any atom is -0.466 e. The quantitative estimate of drug-likeness (QED) is 0.639. The smallest absolute Gasteiger partial charge is 0.344 e. The van der Waals surface area contributed by atoms with Gasteiger partial charge in [0, 0.05) is 10.7 Å². The number of rotatable bonds is 3. The van der Waals surface area contributed by atoms with Crippen molar-refractivity contribution in [2.24, 2.45) is 0 Å². The Balaban J connectivity index is 2.73. The van der Waals surface area contributed by atoms with Crippen LogP contribution in [-0.4, -0.2) is 25.7 Å². The van der Waals surface area contributed by atoms with Crippen LogP contribution in [0.2, 0.25) is 5.02 Å². The Labute approximate surface area is 97.1 Å². The highest BCUT2D eigenvalue weighted by atomic mass is 35.5. The molecular weight excluding hydrogens is 234 g/mol. The predicted molar refractivity (Wildman–Crippen MR) is 58.2 cm³/mol. The van der Waals surface area contributed by atoms with E-state index < -0.39 is 18.5 Å². The van der Waals surface area contributed by atoms with E-state index in [2.05, 4.69) is 9.47 Å². The van der Waals surface area contributed by atoms with Crippen molar-refractivity contribution in [3.05, 3.63) is 28.8 Å². The van der Waals surface area contributed by atoms with Crippen LogP contribution in [-0.2, 0) is 14.3 Å². The van der Waals surface area contributed by atoms with Gasteiger partial charge >= 0.3 is 11.9 Å². The van der Waals surface area contributed by atoms with E-state index in [1.54, 1.807) is 6.07 Å². The summed E-state index contributed by atoms with van der Waals surface area (Å²) in [4.78, 5) is 22.2. The molecule has 0 fully saturated rings. The van der Waals surface area contributed by atoms with E-state index >= 15 is 0 Å². The van der Waals surface area contributed by atoms with E-state index in [9.17, 15) is 9.59 Å². The Bertz CT molecular complexity index is 419. The molecule has 0 aliphatic carbocycles. The number of hydrogen-bond donors (Lipinski definition) is 1. The fourth-order valence-corrected chi connectivity index (χ4v) is 1.14. The van der Waals surface area contributed by atoms with E-state index in [1.165, 1.54) is 19.2 Å². The molecule has 16 heavy (non-hydrogen) atoms. The lowest BCUT2D eigenvalue weighted by molar-refractivity contribution is -0.144. The molecule has 0 heterocycles. The standard InChI is InChI=1S/C10H10ClNO4/c1-15-9(13)5-16-10(14)7-4-6(11)2-3-8(7)12/h2-4H,5,12H2,1H3. The molecule has 0 aliphatic heterocycles. The molecule has 2 N–H and O–H groups in total. The average molecular weight is 244 g/mol. The minimum atomic E-state index is -0.717. The monoisotopic (exact) mass is 243 g/mol. The molecule has 0 unspecified atom stereocenters. The summed E-state index contributed by atoms with van der Waals surface area (Å²) in [7, 11) is 1.20. The summed E-state index contributed by atoms with van der Waals surface area (Å²) in [5, 5.41) is 0.360. The number of methoxy groups -OCH3 is 1. The van der Waals surface area contributed by atoms with Crippen molar-refractivity contribution < 1.29 is 19.1 Å². The summed E-state index contributed by atoms with van der Waals surface area (Å²) in [6.45, 7) is -0.457. The molecule has 0 saturated heterocycles. The van der Waals surface area contributed by atoms with Gasteiger partial charge in [0.25, 0.3) is 0 Å². The predicted octanol–water partition coefficient (Wildman–Crippen LogP) is 1.25. The number of anilines is 1. The first-order chi connectivity index (χ1) is 7.54. The van der Waals surface area contributed by atoms with Gasteiger partial charge in [-0.25, -0.2) is 9.59 Å². The van der Waals surface area contributed by atoms with E-state index in [4.69, 9.17) is 17.3 Å². The Hall–Kier alpha value is -1.75. The van der Waals surface area contributed by atoms with Crippen LogP contribution < -0.4 is 5.73 Å². The third-order valence-electron chi connectivity index (χ3n) is 1.78. The first-order valence-electron chi connectivity index (χ1n) is 4.33. The topological polar surface area (TPSA) is 78.6 Å². The molecule has 1 aromatic carbocycles. The van der Waals surface area contributed by atoms with Crippen LogP contribution in [0.3, 0.4) is 0 Å². The summed E-state index contributed by atoms with van der Waals surface area (Å²) in [6, 6.07) is 4.40. The number of nitrogens with two attached hydrogens (primary N) is 1. The summed E-state index contributed by atoms with van der Waals surface area (Å²) >= 11 is 5.70. The largest absolute Gasteiger partial charge is 0.466 e. The van der Waals surface area contributed by atoms with Crippen LogP contribution in [0, 0.1) is 0 Å². The second-order valence-corrected chi connectivity index (χ2v) is 3.32. The first-order valence-corrected chi connectivity index (χ1v) is 4.71. The Morgan fingerprint density at radius 3 is 2.75 bits per heavy atom. The maximum Gasteiger partial charge on any atom is 0.344 e. The molecule has 6 heteroatoms. The van der Waals surface area contributed by atoms with E-state index in [1.807, 2.05) is 0 Å². The van der Waals surface area contributed by atoms with Crippen molar-refractivity contribution in [2.75, 3.05) is 19.5 Å². The number of hydrogen-bond acceptors (Lipinski definition) is 5. The van der Waals surface area contributed by atoms with Crippen molar-refractivity contribution in [2.45, 2.75) is 0 Å². The van der Waals surface area contributed by atoms with E-state index in [0.29, 0.717) is 5.02 Å². The lowest BCUT2D eigenvalue weighted by Gasteiger charge is -2.06. The number of carbonyl (C=O) groups excluding carboxylic acids is 2. The maximum atomic E-state index is 11.5. The van der Waals surface area contributed by atoms with Crippen LogP contribution in [0.5, 0.6) is 0 Å². The van der Waals surface area contributed by atoms with E-state index in [0.717, 1.165) is 0 Å². The highest BCUT2D eigenvalue weighted by molar-refractivity contribution is 6.31. The van der Waals surface area contributed by atoms with E-state index in [-0.39, 0.29) is 11.3 Å². The van der Waals surface area contributed by atoms with Gasteiger partial charge in [0.15, 0.2) is 6.61 Å². The summed E-state index contributed by atoms with van der Waals surface area (Å²) in [5.74, 6) is -1.36. The molecule has 0 spiro atoms. The van der Waals surface area contributed by atoms with Gasteiger partial charge in [-0.1, -0.05) is 11.6 Å². The van der Waals surface area contributed by atoms with Gasteiger partial charge in [-0.2, -0.15) is 0 Å². The van der Waals surface area contributed by atoms with Crippen LogP contribution >= 0.6 is 11.6 Å². The first kappa shape index (κ1) is 12.3. The summed E-state index contributed by atoms with van der Waals surface area (Å²) in [5.41, 5.74) is 5.91.